The highest BCUT2D eigenvalue weighted by atomic mass is 19.1. The van der Waals surface area contributed by atoms with Crippen LogP contribution in [0.2, 0.25) is 0 Å². The summed E-state index contributed by atoms with van der Waals surface area (Å²) in [5.41, 5.74) is 5.48. The van der Waals surface area contributed by atoms with Crippen LogP contribution < -0.4 is 0 Å². The van der Waals surface area contributed by atoms with E-state index in [2.05, 4.69) is 6.58 Å². The molecule has 3 aromatic rings. The molecule has 0 heterocycles. The number of aliphatic hydroxyl groups excluding tert-OH is 1. The molecule has 4 heteroatoms. The van der Waals surface area contributed by atoms with Crippen LogP contribution in [0.25, 0.3) is 22.3 Å². The number of esters is 1. The molecule has 3 rings (SSSR count). The monoisotopic (exact) mass is 418 g/mol. The van der Waals surface area contributed by atoms with Gasteiger partial charge in [-0.1, -0.05) is 67.2 Å². The van der Waals surface area contributed by atoms with Crippen molar-refractivity contribution in [2.45, 2.75) is 26.2 Å². The third kappa shape index (κ3) is 5.89. The van der Waals surface area contributed by atoms with Crippen molar-refractivity contribution < 1.29 is 19.0 Å². The van der Waals surface area contributed by atoms with E-state index in [1.165, 1.54) is 0 Å². The molecular formula is C27H27FO3. The molecule has 0 aliphatic rings. The fraction of sp³-hybridized carbons (Fsp3) is 0.222. The molecule has 31 heavy (non-hydrogen) atoms. The molecule has 3 aromatic carbocycles. The Labute approximate surface area is 182 Å². The van der Waals surface area contributed by atoms with E-state index in [0.29, 0.717) is 30.4 Å². The molecule has 0 spiro atoms. The van der Waals surface area contributed by atoms with Gasteiger partial charge in [-0.25, -0.2) is 9.18 Å². The average Bonchev–Trinajstić information content (AvgIpc) is 2.78. The normalized spacial score (nSPS) is 10.7. The van der Waals surface area contributed by atoms with Crippen LogP contribution in [0.15, 0.2) is 78.9 Å². The summed E-state index contributed by atoms with van der Waals surface area (Å²) in [6.07, 6.45) is 1.85. The molecule has 3 nitrogen and oxygen atoms in total. The van der Waals surface area contributed by atoms with Crippen molar-refractivity contribution >= 4 is 5.97 Å². The number of rotatable bonds is 9. The lowest BCUT2D eigenvalue weighted by molar-refractivity contribution is -0.138. The first-order valence-electron chi connectivity index (χ1n) is 10.4. The largest absolute Gasteiger partial charge is 0.462 e. The van der Waals surface area contributed by atoms with Crippen molar-refractivity contribution in [2.75, 3.05) is 13.2 Å². The summed E-state index contributed by atoms with van der Waals surface area (Å²) in [5.74, 6) is -0.709. The first-order chi connectivity index (χ1) is 15.0. The number of hydrogen-bond acceptors (Lipinski definition) is 3. The van der Waals surface area contributed by atoms with Gasteiger partial charge in [-0.15, -0.1) is 0 Å². The van der Waals surface area contributed by atoms with Crippen molar-refractivity contribution in [2.24, 2.45) is 0 Å². The molecule has 0 aliphatic carbocycles. The minimum absolute atomic E-state index is 0.0986. The first kappa shape index (κ1) is 22.4. The summed E-state index contributed by atoms with van der Waals surface area (Å²) in [7, 11) is 0. The molecule has 0 amide bonds. The Bertz CT molecular complexity index is 1060. The lowest BCUT2D eigenvalue weighted by atomic mass is 9.94. The van der Waals surface area contributed by atoms with Crippen LogP contribution in [-0.4, -0.2) is 24.3 Å². The maximum atomic E-state index is 15.0. The van der Waals surface area contributed by atoms with E-state index in [-0.39, 0.29) is 19.0 Å². The van der Waals surface area contributed by atoms with E-state index in [1.807, 2.05) is 54.6 Å². The second kappa shape index (κ2) is 10.7. The zero-order valence-corrected chi connectivity index (χ0v) is 17.7. The second-order valence-corrected chi connectivity index (χ2v) is 7.54. The van der Waals surface area contributed by atoms with Gasteiger partial charge in [0.05, 0.1) is 6.61 Å². The minimum atomic E-state index is -0.421. The molecule has 0 atom stereocenters. The standard InChI is InChI=1S/C27H27FO3/c1-19(2)27(30)31-16-14-23-17-24(11-10-21(23)9-6-15-29)25-13-12-22(18-26(25)28)20-7-4-3-5-8-20/h3-5,7-8,10-13,17-18,29H,1,6,9,14-16H2,2H3. The highest BCUT2D eigenvalue weighted by Gasteiger charge is 2.12. The molecule has 0 saturated heterocycles. The summed E-state index contributed by atoms with van der Waals surface area (Å²) < 4.78 is 20.2. The van der Waals surface area contributed by atoms with E-state index < -0.39 is 5.97 Å². The Balaban J connectivity index is 1.86. The van der Waals surface area contributed by atoms with Gasteiger partial charge in [0.15, 0.2) is 0 Å². The molecule has 160 valence electrons. The van der Waals surface area contributed by atoms with Crippen LogP contribution in [0.1, 0.15) is 24.5 Å². The number of benzene rings is 3. The number of carbonyl (C=O) groups excluding carboxylic acids is 1. The van der Waals surface area contributed by atoms with Gasteiger partial charge in [-0.2, -0.15) is 0 Å². The van der Waals surface area contributed by atoms with Crippen molar-refractivity contribution in [3.05, 3.63) is 95.8 Å². The summed E-state index contributed by atoms with van der Waals surface area (Å²) in [6.45, 7) is 5.51. The van der Waals surface area contributed by atoms with Gasteiger partial charge in [0.1, 0.15) is 5.82 Å². The third-order valence-corrected chi connectivity index (χ3v) is 5.15. The van der Waals surface area contributed by atoms with Gasteiger partial charge in [-0.3, -0.25) is 0 Å². The van der Waals surface area contributed by atoms with Crippen molar-refractivity contribution in [1.29, 1.82) is 0 Å². The van der Waals surface area contributed by atoms with E-state index in [4.69, 9.17) is 4.74 Å². The Morgan fingerprint density at radius 2 is 1.68 bits per heavy atom. The third-order valence-electron chi connectivity index (χ3n) is 5.15. The highest BCUT2D eigenvalue weighted by Crippen LogP contribution is 2.30. The van der Waals surface area contributed by atoms with Crippen LogP contribution in [-0.2, 0) is 22.4 Å². The molecule has 0 aliphatic heterocycles. The topological polar surface area (TPSA) is 46.5 Å². The van der Waals surface area contributed by atoms with E-state index in [9.17, 15) is 14.3 Å². The highest BCUT2D eigenvalue weighted by molar-refractivity contribution is 5.86. The minimum Gasteiger partial charge on any atom is -0.462 e. The fourth-order valence-electron chi connectivity index (χ4n) is 3.48. The van der Waals surface area contributed by atoms with Gasteiger partial charge in [0.2, 0.25) is 0 Å². The number of hydrogen-bond donors (Lipinski definition) is 1. The Morgan fingerprint density at radius 3 is 2.35 bits per heavy atom. The number of aliphatic hydroxyl groups is 1. The Kier molecular flexibility index (Phi) is 7.74. The number of carbonyl (C=O) groups is 1. The van der Waals surface area contributed by atoms with Crippen LogP contribution >= 0.6 is 0 Å². The van der Waals surface area contributed by atoms with E-state index in [1.54, 1.807) is 19.1 Å². The van der Waals surface area contributed by atoms with Gasteiger partial charge < -0.3 is 9.84 Å². The molecular weight excluding hydrogens is 391 g/mol. The van der Waals surface area contributed by atoms with Gasteiger partial charge >= 0.3 is 5.97 Å². The fourth-order valence-corrected chi connectivity index (χ4v) is 3.48. The van der Waals surface area contributed by atoms with Gasteiger partial charge in [0.25, 0.3) is 0 Å². The quantitative estimate of drug-likeness (QED) is 0.356. The Morgan fingerprint density at radius 1 is 0.935 bits per heavy atom. The van der Waals surface area contributed by atoms with Crippen LogP contribution in [0.3, 0.4) is 0 Å². The lowest BCUT2D eigenvalue weighted by Crippen LogP contribution is -2.09. The number of halogens is 1. The molecule has 0 unspecified atom stereocenters. The van der Waals surface area contributed by atoms with Crippen molar-refractivity contribution in [3.63, 3.8) is 0 Å². The summed E-state index contributed by atoms with van der Waals surface area (Å²) in [6, 6.07) is 20.8. The summed E-state index contributed by atoms with van der Waals surface area (Å²) in [4.78, 5) is 11.7. The maximum absolute atomic E-state index is 15.0. The van der Waals surface area contributed by atoms with Crippen LogP contribution in [0.5, 0.6) is 0 Å². The molecule has 0 aromatic heterocycles. The zero-order valence-electron chi connectivity index (χ0n) is 17.7. The number of ether oxygens (including phenoxy) is 1. The second-order valence-electron chi connectivity index (χ2n) is 7.54. The SMILES string of the molecule is C=C(C)C(=O)OCCc1cc(-c2ccc(-c3ccccc3)cc2F)ccc1CCCO. The summed E-state index contributed by atoms with van der Waals surface area (Å²) in [5, 5.41) is 9.19. The van der Waals surface area contributed by atoms with Crippen molar-refractivity contribution in [1.82, 2.24) is 0 Å². The average molecular weight is 419 g/mol. The summed E-state index contributed by atoms with van der Waals surface area (Å²) >= 11 is 0. The van der Waals surface area contributed by atoms with Gasteiger partial charge in [-0.05, 0) is 53.6 Å². The van der Waals surface area contributed by atoms with E-state index >= 15 is 0 Å². The predicted molar refractivity (Wildman–Crippen MR) is 122 cm³/mol. The van der Waals surface area contributed by atoms with Crippen LogP contribution in [0.4, 0.5) is 4.39 Å². The smallest absolute Gasteiger partial charge is 0.333 e. The van der Waals surface area contributed by atoms with E-state index in [0.717, 1.165) is 27.8 Å². The predicted octanol–water partition coefficient (Wildman–Crippen LogP) is 5.75. The van der Waals surface area contributed by atoms with Gasteiger partial charge in [0, 0.05) is 24.2 Å². The van der Waals surface area contributed by atoms with Crippen molar-refractivity contribution in [3.8, 4) is 22.3 Å². The molecule has 0 fully saturated rings. The molecule has 0 saturated carbocycles. The molecule has 1 N–H and O–H groups in total. The number of aryl methyl sites for hydroxylation is 1. The molecule has 0 bridgehead atoms. The lowest BCUT2D eigenvalue weighted by Gasteiger charge is -2.13. The zero-order chi connectivity index (χ0) is 22.2. The van der Waals surface area contributed by atoms with Crippen LogP contribution in [0, 0.1) is 5.82 Å². The first-order valence-corrected chi connectivity index (χ1v) is 10.4. The Hall–Kier alpha value is -3.24. The maximum Gasteiger partial charge on any atom is 0.333 e. The molecule has 0 radical (unpaired) electrons.